The first-order valence-electron chi connectivity index (χ1n) is 14.7. The van der Waals surface area contributed by atoms with E-state index in [1.807, 2.05) is 26.8 Å². The molecule has 10 nitrogen and oxygen atoms in total. The summed E-state index contributed by atoms with van der Waals surface area (Å²) < 4.78 is 13.3. The second-order valence-electron chi connectivity index (χ2n) is 12.2. The maximum Gasteiger partial charge on any atom is 0.243 e. The molecule has 3 atom stereocenters. The molecule has 2 aromatic rings. The summed E-state index contributed by atoms with van der Waals surface area (Å²) in [6.07, 6.45) is 1.80. The van der Waals surface area contributed by atoms with E-state index in [2.05, 4.69) is 16.0 Å². The van der Waals surface area contributed by atoms with E-state index in [9.17, 15) is 28.7 Å². The van der Waals surface area contributed by atoms with Crippen LogP contribution in [0.1, 0.15) is 63.1 Å². The van der Waals surface area contributed by atoms with Crippen LogP contribution in [0.5, 0.6) is 5.75 Å². The zero-order valence-electron chi connectivity index (χ0n) is 25.4. The number of aromatic hydroxyl groups is 1. The lowest BCUT2D eigenvalue weighted by Gasteiger charge is -2.31. The van der Waals surface area contributed by atoms with E-state index in [4.69, 9.17) is 5.73 Å². The lowest BCUT2D eigenvalue weighted by molar-refractivity contribution is -0.141. The van der Waals surface area contributed by atoms with E-state index in [1.54, 1.807) is 24.3 Å². The fourth-order valence-corrected chi connectivity index (χ4v) is 5.10. The molecule has 0 radical (unpaired) electrons. The molecule has 2 aromatic carbocycles. The highest BCUT2D eigenvalue weighted by Crippen LogP contribution is 2.31. The first-order valence-corrected chi connectivity index (χ1v) is 14.7. The van der Waals surface area contributed by atoms with Crippen molar-refractivity contribution in [2.75, 3.05) is 20.1 Å². The zero-order valence-corrected chi connectivity index (χ0v) is 25.4. The molecule has 234 valence electrons. The standard InChI is InChI=1S/C32H44FN5O5/c1-32(2,3)23-17-21(10-13-27(23)39)19-25-29(41)36-16-14-28(40)35-15-6-5-7-26(30(42)37-25)38(4)31(43)24(34)18-20-8-11-22(33)12-9-20/h8-13,17,24-26,39H,5-7,14-16,18-19,34H2,1-4H3,(H,35,40)(H,36,41)(H,37,42)/t24-,25?,26?/m0/s1. The average Bonchev–Trinajstić information content (AvgIpc) is 2.94. The number of hydrogen-bond donors (Lipinski definition) is 5. The minimum atomic E-state index is -1.00. The molecule has 1 fully saturated rings. The number of nitrogens with one attached hydrogen (secondary N) is 3. The maximum atomic E-state index is 13.7. The van der Waals surface area contributed by atoms with Crippen LogP contribution >= 0.6 is 0 Å². The van der Waals surface area contributed by atoms with Gasteiger partial charge >= 0.3 is 0 Å². The van der Waals surface area contributed by atoms with Crippen LogP contribution in [0.2, 0.25) is 0 Å². The predicted octanol–water partition coefficient (Wildman–Crippen LogP) is 2.06. The van der Waals surface area contributed by atoms with Gasteiger partial charge in [-0.25, -0.2) is 4.39 Å². The molecule has 0 bridgehead atoms. The van der Waals surface area contributed by atoms with E-state index in [0.29, 0.717) is 30.5 Å². The second kappa shape index (κ2) is 15.0. The molecule has 4 amide bonds. The summed E-state index contributed by atoms with van der Waals surface area (Å²) in [5.41, 5.74) is 7.98. The Morgan fingerprint density at radius 3 is 2.37 bits per heavy atom. The van der Waals surface area contributed by atoms with Gasteiger partial charge in [0.05, 0.1) is 6.04 Å². The first-order chi connectivity index (χ1) is 20.3. The monoisotopic (exact) mass is 597 g/mol. The summed E-state index contributed by atoms with van der Waals surface area (Å²) in [4.78, 5) is 53.9. The largest absolute Gasteiger partial charge is 0.508 e. The van der Waals surface area contributed by atoms with Gasteiger partial charge in [-0.3, -0.25) is 19.2 Å². The van der Waals surface area contributed by atoms with Crippen LogP contribution in [0.25, 0.3) is 0 Å². The lowest BCUT2D eigenvalue weighted by Crippen LogP contribution is -2.57. The van der Waals surface area contributed by atoms with Gasteiger partial charge in [-0.05, 0) is 66.0 Å². The van der Waals surface area contributed by atoms with Gasteiger partial charge in [0.25, 0.3) is 0 Å². The summed E-state index contributed by atoms with van der Waals surface area (Å²) >= 11 is 0. The Balaban J connectivity index is 1.85. The average molecular weight is 598 g/mol. The molecular formula is C32H44FN5O5. The third-order valence-electron chi connectivity index (χ3n) is 7.62. The van der Waals surface area contributed by atoms with Crippen molar-refractivity contribution in [2.45, 2.75) is 82.8 Å². The number of phenols is 1. The summed E-state index contributed by atoms with van der Waals surface area (Å²) in [5, 5.41) is 18.8. The Labute approximate surface area is 252 Å². The summed E-state index contributed by atoms with van der Waals surface area (Å²) in [7, 11) is 1.51. The van der Waals surface area contributed by atoms with E-state index in [-0.39, 0.29) is 49.3 Å². The van der Waals surface area contributed by atoms with Gasteiger partial charge in [-0.15, -0.1) is 0 Å². The van der Waals surface area contributed by atoms with E-state index in [0.717, 1.165) is 5.56 Å². The fourth-order valence-electron chi connectivity index (χ4n) is 5.10. The van der Waals surface area contributed by atoms with Crippen molar-refractivity contribution in [3.8, 4) is 5.75 Å². The minimum Gasteiger partial charge on any atom is -0.508 e. The van der Waals surface area contributed by atoms with Crippen LogP contribution in [0, 0.1) is 5.82 Å². The molecule has 43 heavy (non-hydrogen) atoms. The van der Waals surface area contributed by atoms with Crippen LogP contribution in [-0.4, -0.2) is 71.9 Å². The highest BCUT2D eigenvalue weighted by atomic mass is 19.1. The van der Waals surface area contributed by atoms with Crippen molar-refractivity contribution < 1.29 is 28.7 Å². The van der Waals surface area contributed by atoms with Gasteiger partial charge in [0, 0.05) is 33.0 Å². The number of likely N-dealkylation sites (N-methyl/N-ethyl adjacent to an activating group) is 1. The minimum absolute atomic E-state index is 0.0971. The molecular weight excluding hydrogens is 553 g/mol. The molecule has 0 aromatic heterocycles. The number of nitrogens with zero attached hydrogens (tertiary/aromatic N) is 1. The Morgan fingerprint density at radius 2 is 1.70 bits per heavy atom. The van der Waals surface area contributed by atoms with Crippen molar-refractivity contribution in [1.29, 1.82) is 0 Å². The molecule has 0 saturated carbocycles. The predicted molar refractivity (Wildman–Crippen MR) is 162 cm³/mol. The Kier molecular flexibility index (Phi) is 11.7. The van der Waals surface area contributed by atoms with Crippen molar-refractivity contribution >= 4 is 23.6 Å². The molecule has 0 aliphatic carbocycles. The van der Waals surface area contributed by atoms with Crippen LogP contribution < -0.4 is 21.7 Å². The van der Waals surface area contributed by atoms with E-state index in [1.165, 1.54) is 24.1 Å². The van der Waals surface area contributed by atoms with Crippen molar-refractivity contribution in [1.82, 2.24) is 20.9 Å². The smallest absolute Gasteiger partial charge is 0.243 e. The Morgan fingerprint density at radius 1 is 1.02 bits per heavy atom. The summed E-state index contributed by atoms with van der Waals surface area (Å²) in [5.74, 6) is -1.88. The molecule has 1 heterocycles. The molecule has 3 rings (SSSR count). The van der Waals surface area contributed by atoms with Crippen molar-refractivity contribution in [3.63, 3.8) is 0 Å². The lowest BCUT2D eigenvalue weighted by atomic mass is 9.84. The number of carbonyl (C=O) groups is 4. The highest BCUT2D eigenvalue weighted by molar-refractivity contribution is 5.93. The number of amides is 4. The molecule has 1 aliphatic rings. The number of nitrogens with two attached hydrogens (primary N) is 1. The second-order valence-corrected chi connectivity index (χ2v) is 12.2. The van der Waals surface area contributed by atoms with Crippen LogP contribution in [-0.2, 0) is 37.4 Å². The molecule has 0 spiro atoms. The molecule has 11 heteroatoms. The molecule has 6 N–H and O–H groups in total. The van der Waals surface area contributed by atoms with Crippen LogP contribution in [0.3, 0.4) is 0 Å². The highest BCUT2D eigenvalue weighted by Gasteiger charge is 2.33. The summed E-state index contributed by atoms with van der Waals surface area (Å²) in [6.45, 7) is 6.39. The van der Waals surface area contributed by atoms with Gasteiger partial charge in [0.15, 0.2) is 0 Å². The van der Waals surface area contributed by atoms with Gasteiger partial charge in [-0.2, -0.15) is 0 Å². The van der Waals surface area contributed by atoms with Crippen LogP contribution in [0.4, 0.5) is 4.39 Å². The number of hydrogen-bond acceptors (Lipinski definition) is 6. The SMILES string of the molecule is CN(C(=O)[C@@H](N)Cc1ccc(F)cc1)C1CCCCNC(=O)CCNC(=O)C(Cc2ccc(O)c(C(C)(C)C)c2)NC1=O. The normalized spacial score (nSPS) is 19.8. The third-order valence-corrected chi connectivity index (χ3v) is 7.62. The van der Waals surface area contributed by atoms with Crippen LogP contribution in [0.15, 0.2) is 42.5 Å². The first kappa shape index (κ1) is 33.5. The van der Waals surface area contributed by atoms with E-state index < -0.39 is 41.7 Å². The zero-order chi connectivity index (χ0) is 31.7. The van der Waals surface area contributed by atoms with Crippen molar-refractivity contribution in [3.05, 3.63) is 65.0 Å². The molecule has 1 aliphatic heterocycles. The summed E-state index contributed by atoms with van der Waals surface area (Å²) in [6, 6.07) is 7.89. The Hall–Kier alpha value is -3.99. The van der Waals surface area contributed by atoms with Crippen molar-refractivity contribution in [2.24, 2.45) is 5.73 Å². The van der Waals surface area contributed by atoms with Gasteiger partial charge < -0.3 is 31.7 Å². The third kappa shape index (κ3) is 9.77. The van der Waals surface area contributed by atoms with Gasteiger partial charge in [0.1, 0.15) is 23.7 Å². The number of phenolic OH excluding ortho intramolecular Hbond substituents is 1. The molecule has 2 unspecified atom stereocenters. The number of rotatable bonds is 6. The molecule has 1 saturated heterocycles. The maximum absolute atomic E-state index is 13.7. The number of benzene rings is 2. The van der Waals surface area contributed by atoms with Gasteiger partial charge in [-0.1, -0.05) is 45.0 Å². The quantitative estimate of drug-likeness (QED) is 0.344. The Bertz CT molecular complexity index is 1290. The number of carbonyl (C=O) groups excluding carboxylic acids is 4. The van der Waals surface area contributed by atoms with Gasteiger partial charge in [0.2, 0.25) is 23.6 Å². The number of halogens is 1. The fraction of sp³-hybridized carbons (Fsp3) is 0.500. The topological polar surface area (TPSA) is 154 Å². The van der Waals surface area contributed by atoms with E-state index >= 15 is 0 Å².